The minimum Gasteiger partial charge on any atom is -0.348 e. The standard InChI is InChI=1S/C16H22N4O.ClH/c1-2-11-20-14-6-4-3-5-13(14)15(19-20)16(21)18-12-7-9-17-10-8-12;/h3-6,12,17H,2,7-11H2,1H3,(H,18,21);1H. The maximum absolute atomic E-state index is 12.5. The number of halogens is 1. The third-order valence-electron chi connectivity index (χ3n) is 3.98. The molecule has 1 aromatic heterocycles. The molecule has 120 valence electrons. The Morgan fingerprint density at radius 2 is 2.09 bits per heavy atom. The summed E-state index contributed by atoms with van der Waals surface area (Å²) in [5.74, 6) is -0.0482. The molecule has 1 aliphatic rings. The average molecular weight is 323 g/mol. The van der Waals surface area contributed by atoms with Crippen LogP contribution in [0.2, 0.25) is 0 Å². The molecule has 0 radical (unpaired) electrons. The van der Waals surface area contributed by atoms with Gasteiger partial charge in [0.15, 0.2) is 5.69 Å². The third-order valence-corrected chi connectivity index (χ3v) is 3.98. The van der Waals surface area contributed by atoms with Gasteiger partial charge in [0.2, 0.25) is 0 Å². The predicted molar refractivity (Wildman–Crippen MR) is 90.6 cm³/mol. The molecule has 0 aliphatic carbocycles. The molecule has 1 aliphatic heterocycles. The lowest BCUT2D eigenvalue weighted by molar-refractivity contribution is 0.0925. The smallest absolute Gasteiger partial charge is 0.272 e. The Balaban J connectivity index is 0.00000176. The molecule has 0 saturated carbocycles. The van der Waals surface area contributed by atoms with Crippen molar-refractivity contribution in [1.29, 1.82) is 0 Å². The number of fused-ring (bicyclic) bond motifs is 1. The van der Waals surface area contributed by atoms with Gasteiger partial charge in [0.25, 0.3) is 5.91 Å². The van der Waals surface area contributed by atoms with Gasteiger partial charge in [0.05, 0.1) is 5.52 Å². The fraction of sp³-hybridized carbons (Fsp3) is 0.500. The molecule has 6 heteroatoms. The number of rotatable bonds is 4. The molecule has 0 bridgehead atoms. The lowest BCUT2D eigenvalue weighted by Crippen LogP contribution is -2.42. The van der Waals surface area contributed by atoms with Crippen LogP contribution < -0.4 is 10.6 Å². The Hall–Kier alpha value is -1.59. The first-order valence-corrected chi connectivity index (χ1v) is 7.76. The normalized spacial score (nSPS) is 15.5. The topological polar surface area (TPSA) is 59.0 Å². The zero-order valence-corrected chi connectivity index (χ0v) is 13.7. The summed E-state index contributed by atoms with van der Waals surface area (Å²) in [5, 5.41) is 11.9. The predicted octanol–water partition coefficient (Wildman–Crippen LogP) is 2.35. The fourth-order valence-corrected chi connectivity index (χ4v) is 2.90. The summed E-state index contributed by atoms with van der Waals surface area (Å²) in [5.41, 5.74) is 1.59. The number of nitrogens with zero attached hydrogens (tertiary/aromatic N) is 2. The van der Waals surface area contributed by atoms with E-state index in [1.54, 1.807) is 0 Å². The third kappa shape index (κ3) is 3.42. The Morgan fingerprint density at radius 3 is 2.82 bits per heavy atom. The van der Waals surface area contributed by atoms with Crippen molar-refractivity contribution >= 4 is 29.2 Å². The number of hydrogen-bond donors (Lipinski definition) is 2. The summed E-state index contributed by atoms with van der Waals surface area (Å²) in [4.78, 5) is 12.5. The van der Waals surface area contributed by atoms with Gasteiger partial charge < -0.3 is 10.6 Å². The molecular weight excluding hydrogens is 300 g/mol. The molecule has 0 atom stereocenters. The minimum absolute atomic E-state index is 0. The first kappa shape index (κ1) is 16.8. The number of benzene rings is 1. The van der Waals surface area contributed by atoms with Crippen LogP contribution in [0.3, 0.4) is 0 Å². The van der Waals surface area contributed by atoms with Crippen molar-refractivity contribution in [3.05, 3.63) is 30.0 Å². The number of hydrogen-bond acceptors (Lipinski definition) is 3. The van der Waals surface area contributed by atoms with Crippen LogP contribution in [0.1, 0.15) is 36.7 Å². The first-order chi connectivity index (χ1) is 10.3. The zero-order chi connectivity index (χ0) is 14.7. The minimum atomic E-state index is -0.0482. The second-order valence-electron chi connectivity index (χ2n) is 5.59. The van der Waals surface area contributed by atoms with E-state index in [1.807, 2.05) is 28.9 Å². The average Bonchev–Trinajstić information content (AvgIpc) is 2.88. The second kappa shape index (κ2) is 7.61. The van der Waals surface area contributed by atoms with Crippen molar-refractivity contribution in [2.75, 3.05) is 13.1 Å². The Kier molecular flexibility index (Phi) is 5.80. The van der Waals surface area contributed by atoms with Crippen molar-refractivity contribution in [2.45, 2.75) is 38.8 Å². The molecule has 1 fully saturated rings. The molecule has 2 heterocycles. The van der Waals surface area contributed by atoms with Gasteiger partial charge in [-0.25, -0.2) is 0 Å². The maximum Gasteiger partial charge on any atom is 0.272 e. The van der Waals surface area contributed by atoms with E-state index in [0.717, 1.165) is 49.8 Å². The van der Waals surface area contributed by atoms with E-state index >= 15 is 0 Å². The van der Waals surface area contributed by atoms with E-state index in [4.69, 9.17) is 0 Å². The lowest BCUT2D eigenvalue weighted by Gasteiger charge is -2.23. The zero-order valence-electron chi connectivity index (χ0n) is 12.8. The Labute approximate surface area is 136 Å². The van der Waals surface area contributed by atoms with E-state index in [9.17, 15) is 4.79 Å². The van der Waals surface area contributed by atoms with E-state index in [2.05, 4.69) is 22.7 Å². The number of amides is 1. The van der Waals surface area contributed by atoms with Gasteiger partial charge in [-0.1, -0.05) is 25.1 Å². The van der Waals surface area contributed by atoms with Gasteiger partial charge in [-0.3, -0.25) is 9.48 Å². The maximum atomic E-state index is 12.5. The van der Waals surface area contributed by atoms with Crippen molar-refractivity contribution in [2.24, 2.45) is 0 Å². The number of aryl methyl sites for hydroxylation is 1. The van der Waals surface area contributed by atoms with Crippen LogP contribution in [0, 0.1) is 0 Å². The van der Waals surface area contributed by atoms with Crippen LogP contribution in [0.25, 0.3) is 10.9 Å². The molecule has 1 amide bonds. The first-order valence-electron chi connectivity index (χ1n) is 7.76. The van der Waals surface area contributed by atoms with Crippen LogP contribution in [-0.2, 0) is 6.54 Å². The van der Waals surface area contributed by atoms with E-state index < -0.39 is 0 Å². The molecule has 0 spiro atoms. The number of nitrogens with one attached hydrogen (secondary N) is 2. The van der Waals surface area contributed by atoms with Gasteiger partial charge in [-0.2, -0.15) is 5.10 Å². The van der Waals surface area contributed by atoms with Gasteiger partial charge >= 0.3 is 0 Å². The molecule has 0 unspecified atom stereocenters. The van der Waals surface area contributed by atoms with Crippen molar-refractivity contribution < 1.29 is 4.79 Å². The van der Waals surface area contributed by atoms with E-state index in [0.29, 0.717) is 5.69 Å². The highest BCUT2D eigenvalue weighted by atomic mass is 35.5. The summed E-state index contributed by atoms with van der Waals surface area (Å²) >= 11 is 0. The van der Waals surface area contributed by atoms with Crippen LogP contribution >= 0.6 is 12.4 Å². The number of piperidine rings is 1. The van der Waals surface area contributed by atoms with Gasteiger partial charge in [0.1, 0.15) is 0 Å². The fourth-order valence-electron chi connectivity index (χ4n) is 2.90. The number of aromatic nitrogens is 2. The molecule has 5 nitrogen and oxygen atoms in total. The summed E-state index contributed by atoms with van der Waals surface area (Å²) in [7, 11) is 0. The van der Waals surface area contributed by atoms with Crippen LogP contribution in [0.4, 0.5) is 0 Å². The van der Waals surface area contributed by atoms with E-state index in [1.165, 1.54) is 0 Å². The van der Waals surface area contributed by atoms with Crippen LogP contribution in [0.15, 0.2) is 24.3 Å². The molecule has 2 aromatic rings. The van der Waals surface area contributed by atoms with Crippen molar-refractivity contribution in [3.8, 4) is 0 Å². The highest BCUT2D eigenvalue weighted by Gasteiger charge is 2.21. The largest absolute Gasteiger partial charge is 0.348 e. The highest BCUT2D eigenvalue weighted by Crippen LogP contribution is 2.19. The van der Waals surface area contributed by atoms with E-state index in [-0.39, 0.29) is 24.4 Å². The van der Waals surface area contributed by atoms with Crippen LogP contribution in [0.5, 0.6) is 0 Å². The molecule has 1 aromatic carbocycles. The summed E-state index contributed by atoms with van der Waals surface area (Å²) < 4.78 is 1.94. The van der Waals surface area contributed by atoms with Gasteiger partial charge in [-0.05, 0) is 38.4 Å². The van der Waals surface area contributed by atoms with Crippen LogP contribution in [-0.4, -0.2) is 34.8 Å². The highest BCUT2D eigenvalue weighted by molar-refractivity contribution is 6.04. The second-order valence-corrected chi connectivity index (χ2v) is 5.59. The molecule has 3 rings (SSSR count). The summed E-state index contributed by atoms with van der Waals surface area (Å²) in [6.07, 6.45) is 2.97. The van der Waals surface area contributed by atoms with Crippen molar-refractivity contribution in [3.63, 3.8) is 0 Å². The van der Waals surface area contributed by atoms with Gasteiger partial charge in [0, 0.05) is 18.0 Å². The number of carbonyl (C=O) groups excluding carboxylic acids is 1. The molecular formula is C16H23ClN4O. The summed E-state index contributed by atoms with van der Waals surface area (Å²) in [6, 6.07) is 8.21. The lowest BCUT2D eigenvalue weighted by atomic mass is 10.1. The van der Waals surface area contributed by atoms with Gasteiger partial charge in [-0.15, -0.1) is 12.4 Å². The monoisotopic (exact) mass is 322 g/mol. The SMILES string of the molecule is CCCn1nc(C(=O)NC2CCNCC2)c2ccccc21.Cl. The Morgan fingerprint density at radius 1 is 1.36 bits per heavy atom. The molecule has 2 N–H and O–H groups in total. The number of carbonyl (C=O) groups is 1. The Bertz CT molecular complexity index is 634. The summed E-state index contributed by atoms with van der Waals surface area (Å²) in [6.45, 7) is 4.89. The quantitative estimate of drug-likeness (QED) is 0.908. The number of para-hydroxylation sites is 1. The van der Waals surface area contributed by atoms with Crippen molar-refractivity contribution in [1.82, 2.24) is 20.4 Å². The molecule has 1 saturated heterocycles. The molecule has 22 heavy (non-hydrogen) atoms.